The molecule has 0 unspecified atom stereocenters. The van der Waals surface area contributed by atoms with Crippen LogP contribution in [0, 0.1) is 0 Å². The van der Waals surface area contributed by atoms with E-state index in [1.54, 1.807) is 0 Å². The molecule has 0 rings (SSSR count). The van der Waals surface area contributed by atoms with Crippen LogP contribution < -0.4 is 5.73 Å². The highest BCUT2D eigenvalue weighted by Gasteiger charge is 2.13. The molecule has 296 valence electrons. The van der Waals surface area contributed by atoms with Gasteiger partial charge >= 0.3 is 0 Å². The van der Waals surface area contributed by atoms with Crippen LogP contribution in [0.4, 0.5) is 0 Å². The van der Waals surface area contributed by atoms with Gasteiger partial charge in [-0.1, -0.05) is 154 Å². The lowest BCUT2D eigenvalue weighted by Crippen LogP contribution is -2.36. The van der Waals surface area contributed by atoms with E-state index < -0.39 is 0 Å². The van der Waals surface area contributed by atoms with Crippen molar-refractivity contribution in [2.45, 2.75) is 213 Å². The SMILES string of the molecule is CCCCCCCC/C=C\CCCCCCCCOCCN(CCOCCCCCCCC/C=C\CCCCCCCC)C(=O)CCCCN. The molecule has 0 aliphatic heterocycles. The van der Waals surface area contributed by atoms with E-state index in [9.17, 15) is 4.79 Å². The quantitative estimate of drug-likeness (QED) is 0.0507. The second kappa shape index (κ2) is 44.0. The summed E-state index contributed by atoms with van der Waals surface area (Å²) in [4.78, 5) is 14.8. The average molecular weight is 705 g/mol. The second-order valence-electron chi connectivity index (χ2n) is 14.7. The molecule has 0 atom stereocenters. The number of amides is 1. The summed E-state index contributed by atoms with van der Waals surface area (Å²) in [7, 11) is 0. The second-order valence-corrected chi connectivity index (χ2v) is 14.7. The molecule has 0 aliphatic rings. The van der Waals surface area contributed by atoms with E-state index >= 15 is 0 Å². The van der Waals surface area contributed by atoms with Crippen molar-refractivity contribution in [2.24, 2.45) is 5.73 Å². The lowest BCUT2D eigenvalue weighted by atomic mass is 10.1. The number of hydrogen-bond acceptors (Lipinski definition) is 4. The van der Waals surface area contributed by atoms with Crippen LogP contribution in [0.3, 0.4) is 0 Å². The molecular weight excluding hydrogens is 617 g/mol. The molecule has 0 aromatic heterocycles. The number of nitrogens with zero attached hydrogens (tertiary/aromatic N) is 1. The first-order chi connectivity index (χ1) is 24.8. The predicted molar refractivity (Wildman–Crippen MR) is 220 cm³/mol. The van der Waals surface area contributed by atoms with Crippen LogP contribution in [-0.2, 0) is 14.3 Å². The Morgan fingerprint density at radius 2 is 0.780 bits per heavy atom. The zero-order valence-corrected chi connectivity index (χ0v) is 33.9. The number of carbonyl (C=O) groups excluding carboxylic acids is 1. The summed E-state index contributed by atoms with van der Waals surface area (Å²) in [6, 6.07) is 0. The highest BCUT2D eigenvalue weighted by atomic mass is 16.5. The Balaban J connectivity index is 3.75. The van der Waals surface area contributed by atoms with Crippen molar-refractivity contribution in [3.63, 3.8) is 0 Å². The van der Waals surface area contributed by atoms with Crippen LogP contribution in [-0.4, -0.2) is 56.9 Å². The van der Waals surface area contributed by atoms with Crippen molar-refractivity contribution < 1.29 is 14.3 Å². The largest absolute Gasteiger partial charge is 0.380 e. The molecule has 5 nitrogen and oxygen atoms in total. The zero-order valence-electron chi connectivity index (χ0n) is 33.9. The third-order valence-electron chi connectivity index (χ3n) is 9.81. The number of rotatable bonds is 42. The molecule has 50 heavy (non-hydrogen) atoms. The summed E-state index contributed by atoms with van der Waals surface area (Å²) in [6.07, 6.45) is 48.8. The first kappa shape index (κ1) is 48.8. The van der Waals surface area contributed by atoms with Crippen molar-refractivity contribution in [3.05, 3.63) is 24.3 Å². The summed E-state index contributed by atoms with van der Waals surface area (Å²) in [5.74, 6) is 0.208. The molecule has 0 aliphatic carbocycles. The van der Waals surface area contributed by atoms with E-state index in [4.69, 9.17) is 15.2 Å². The van der Waals surface area contributed by atoms with Crippen molar-refractivity contribution >= 4 is 5.91 Å². The number of ether oxygens (including phenoxy) is 2. The smallest absolute Gasteiger partial charge is 0.222 e. The molecule has 0 bridgehead atoms. The number of unbranched alkanes of at least 4 members (excludes halogenated alkanes) is 25. The minimum absolute atomic E-state index is 0.208. The lowest BCUT2D eigenvalue weighted by Gasteiger charge is -2.23. The first-order valence-corrected chi connectivity index (χ1v) is 22.2. The van der Waals surface area contributed by atoms with Crippen LogP contribution in [0.1, 0.15) is 213 Å². The molecule has 0 saturated heterocycles. The molecule has 0 saturated carbocycles. The van der Waals surface area contributed by atoms with Gasteiger partial charge in [0.2, 0.25) is 5.91 Å². The van der Waals surface area contributed by atoms with Gasteiger partial charge in [0.25, 0.3) is 0 Å². The number of carbonyl (C=O) groups is 1. The first-order valence-electron chi connectivity index (χ1n) is 22.2. The summed E-state index contributed by atoms with van der Waals surface area (Å²) in [5.41, 5.74) is 5.65. The third-order valence-corrected chi connectivity index (χ3v) is 9.81. The summed E-state index contributed by atoms with van der Waals surface area (Å²) < 4.78 is 11.9. The highest BCUT2D eigenvalue weighted by Crippen LogP contribution is 2.12. The number of nitrogens with two attached hydrogens (primary N) is 1. The van der Waals surface area contributed by atoms with Crippen LogP contribution in [0.15, 0.2) is 24.3 Å². The molecule has 0 aromatic rings. The summed E-state index contributed by atoms with van der Waals surface area (Å²) in [6.45, 7) is 9.34. The van der Waals surface area contributed by atoms with Gasteiger partial charge in [0.1, 0.15) is 0 Å². The minimum Gasteiger partial charge on any atom is -0.380 e. The topological polar surface area (TPSA) is 64.8 Å². The Kier molecular flexibility index (Phi) is 43.0. The fourth-order valence-corrected chi connectivity index (χ4v) is 6.40. The van der Waals surface area contributed by atoms with Crippen LogP contribution >= 0.6 is 0 Å². The van der Waals surface area contributed by atoms with E-state index in [1.165, 1.54) is 167 Å². The normalized spacial score (nSPS) is 11.8. The van der Waals surface area contributed by atoms with E-state index in [2.05, 4.69) is 38.2 Å². The van der Waals surface area contributed by atoms with Gasteiger partial charge in [0.15, 0.2) is 0 Å². The molecule has 1 amide bonds. The predicted octanol–water partition coefficient (Wildman–Crippen LogP) is 13.1. The van der Waals surface area contributed by atoms with Crippen molar-refractivity contribution in [2.75, 3.05) is 46.1 Å². The van der Waals surface area contributed by atoms with Gasteiger partial charge in [0.05, 0.1) is 13.2 Å². The molecule has 0 radical (unpaired) electrons. The Morgan fingerprint density at radius 3 is 1.14 bits per heavy atom. The van der Waals surface area contributed by atoms with E-state index in [-0.39, 0.29) is 5.91 Å². The van der Waals surface area contributed by atoms with Crippen molar-refractivity contribution in [3.8, 4) is 0 Å². The Labute approximate surface area is 313 Å². The summed E-state index contributed by atoms with van der Waals surface area (Å²) in [5, 5.41) is 0. The molecule has 0 fully saturated rings. The van der Waals surface area contributed by atoms with Crippen LogP contribution in [0.25, 0.3) is 0 Å². The minimum atomic E-state index is 0.208. The summed E-state index contributed by atoms with van der Waals surface area (Å²) >= 11 is 0. The molecule has 2 N–H and O–H groups in total. The van der Waals surface area contributed by atoms with Crippen molar-refractivity contribution in [1.82, 2.24) is 4.90 Å². The van der Waals surface area contributed by atoms with Gasteiger partial charge in [-0.3, -0.25) is 4.79 Å². The fourth-order valence-electron chi connectivity index (χ4n) is 6.40. The highest BCUT2D eigenvalue weighted by molar-refractivity contribution is 5.76. The van der Waals surface area contributed by atoms with Crippen LogP contribution in [0.2, 0.25) is 0 Å². The zero-order chi connectivity index (χ0) is 36.3. The fraction of sp³-hybridized carbons (Fsp3) is 0.889. The number of allylic oxidation sites excluding steroid dienone is 4. The number of hydrogen-bond donors (Lipinski definition) is 1. The molecule has 5 heteroatoms. The Morgan fingerprint density at radius 1 is 0.440 bits per heavy atom. The monoisotopic (exact) mass is 705 g/mol. The Hall–Kier alpha value is -1.17. The van der Waals surface area contributed by atoms with E-state index in [0.717, 1.165) is 38.9 Å². The van der Waals surface area contributed by atoms with Gasteiger partial charge in [-0.25, -0.2) is 0 Å². The van der Waals surface area contributed by atoms with Gasteiger partial charge in [-0.2, -0.15) is 0 Å². The van der Waals surface area contributed by atoms with Gasteiger partial charge in [0, 0.05) is 32.7 Å². The average Bonchev–Trinajstić information content (AvgIpc) is 3.12. The Bertz CT molecular complexity index is 662. The van der Waals surface area contributed by atoms with Crippen LogP contribution in [0.5, 0.6) is 0 Å². The maximum absolute atomic E-state index is 12.8. The molecule has 0 heterocycles. The lowest BCUT2D eigenvalue weighted by molar-refractivity contribution is -0.133. The maximum atomic E-state index is 12.8. The van der Waals surface area contributed by atoms with Gasteiger partial charge in [-0.15, -0.1) is 0 Å². The third kappa shape index (κ3) is 39.6. The van der Waals surface area contributed by atoms with Gasteiger partial charge < -0.3 is 20.1 Å². The standard InChI is InChI=1S/C45H88N2O3/c1-3-5-7-9-11-13-15-17-19-21-23-25-27-29-31-35-41-49-43-39-47(45(48)37-33-34-38-46)40-44-50-42-36-32-30-28-26-24-22-20-18-16-14-12-10-8-6-4-2/h17-20H,3-16,21-44,46H2,1-2H3/b19-17-,20-18-. The molecular formula is C45H88N2O3. The van der Waals surface area contributed by atoms with Gasteiger partial charge in [-0.05, 0) is 83.6 Å². The van der Waals surface area contributed by atoms with E-state index in [0.29, 0.717) is 39.3 Å². The van der Waals surface area contributed by atoms with E-state index in [1.807, 2.05) is 4.90 Å². The maximum Gasteiger partial charge on any atom is 0.222 e. The molecule has 0 aromatic carbocycles. The van der Waals surface area contributed by atoms with Crippen molar-refractivity contribution in [1.29, 1.82) is 0 Å². The molecule has 0 spiro atoms.